The highest BCUT2D eigenvalue weighted by Gasteiger charge is 2.18. The maximum atomic E-state index is 11.8. The predicted octanol–water partition coefficient (Wildman–Crippen LogP) is 4.21. The van der Waals surface area contributed by atoms with Crippen LogP contribution in [0.2, 0.25) is 0 Å². The molecule has 1 heterocycles. The number of benzene rings is 1. The van der Waals surface area contributed by atoms with Crippen LogP contribution >= 0.6 is 0 Å². The van der Waals surface area contributed by atoms with E-state index in [0.29, 0.717) is 12.4 Å². The van der Waals surface area contributed by atoms with Gasteiger partial charge in [0.15, 0.2) is 0 Å². The van der Waals surface area contributed by atoms with Gasteiger partial charge in [0.25, 0.3) is 0 Å². The van der Waals surface area contributed by atoms with Crippen molar-refractivity contribution in [3.63, 3.8) is 0 Å². The summed E-state index contributed by atoms with van der Waals surface area (Å²) in [7, 11) is 0. The van der Waals surface area contributed by atoms with Crippen LogP contribution in [0.5, 0.6) is 5.75 Å². The van der Waals surface area contributed by atoms with Crippen LogP contribution in [0.4, 0.5) is 4.79 Å². The van der Waals surface area contributed by atoms with Crippen molar-refractivity contribution in [1.82, 2.24) is 10.2 Å². The third-order valence-corrected chi connectivity index (χ3v) is 4.09. The highest BCUT2D eigenvalue weighted by Crippen LogP contribution is 2.18. The smallest absolute Gasteiger partial charge is 0.408 e. The van der Waals surface area contributed by atoms with E-state index in [4.69, 9.17) is 19.2 Å². The summed E-state index contributed by atoms with van der Waals surface area (Å²) in [6.45, 7) is 12.0. The number of hydrogen-bond acceptors (Lipinski definition) is 6. The van der Waals surface area contributed by atoms with E-state index < -0.39 is 11.7 Å². The number of rotatable bonds is 10. The van der Waals surface area contributed by atoms with Gasteiger partial charge in [0.05, 0.1) is 12.6 Å². The Morgan fingerprint density at radius 3 is 2.33 bits per heavy atom. The Labute approximate surface area is 179 Å². The van der Waals surface area contributed by atoms with Crippen LogP contribution < -0.4 is 10.1 Å². The SMILES string of the molecule is CCCCOOCOc1ccc(C(C)NC(=O)OC(C)(C)C)cc1.O=CN1CCC1. The molecule has 1 saturated heterocycles. The fourth-order valence-corrected chi connectivity index (χ4v) is 2.25. The monoisotopic (exact) mass is 424 g/mol. The van der Waals surface area contributed by atoms with E-state index in [1.54, 1.807) is 4.90 Å². The van der Waals surface area contributed by atoms with E-state index >= 15 is 0 Å². The molecule has 1 N–H and O–H groups in total. The third-order valence-electron chi connectivity index (χ3n) is 4.09. The lowest BCUT2D eigenvalue weighted by Gasteiger charge is -2.25. The summed E-state index contributed by atoms with van der Waals surface area (Å²) in [5.74, 6) is 0.669. The number of unbranched alkanes of at least 4 members (excludes halogenated alkanes) is 1. The molecule has 30 heavy (non-hydrogen) atoms. The van der Waals surface area contributed by atoms with E-state index in [0.717, 1.165) is 37.9 Å². The Balaban J connectivity index is 0.000000637. The zero-order valence-corrected chi connectivity index (χ0v) is 18.8. The lowest BCUT2D eigenvalue weighted by molar-refractivity contribution is -0.323. The van der Waals surface area contributed by atoms with Gasteiger partial charge in [0.1, 0.15) is 11.4 Å². The van der Waals surface area contributed by atoms with Gasteiger partial charge in [0, 0.05) is 13.1 Å². The van der Waals surface area contributed by atoms with Crippen molar-refractivity contribution in [2.24, 2.45) is 0 Å². The van der Waals surface area contributed by atoms with Crippen molar-refractivity contribution in [3.05, 3.63) is 29.8 Å². The predicted molar refractivity (Wildman–Crippen MR) is 114 cm³/mol. The van der Waals surface area contributed by atoms with Gasteiger partial charge in [0.2, 0.25) is 13.2 Å². The molecule has 0 radical (unpaired) electrons. The summed E-state index contributed by atoms with van der Waals surface area (Å²) in [4.78, 5) is 33.1. The van der Waals surface area contributed by atoms with Crippen molar-refractivity contribution in [1.29, 1.82) is 0 Å². The largest absolute Gasteiger partial charge is 0.465 e. The molecule has 8 nitrogen and oxygen atoms in total. The number of nitrogens with one attached hydrogen (secondary N) is 1. The quantitative estimate of drug-likeness (QED) is 0.199. The van der Waals surface area contributed by atoms with Gasteiger partial charge in [-0.3, -0.25) is 4.79 Å². The number of carbonyl (C=O) groups is 2. The van der Waals surface area contributed by atoms with Crippen LogP contribution in [0, 0.1) is 0 Å². The molecule has 1 aromatic rings. The molecule has 2 rings (SSSR count). The Hall–Kier alpha value is -2.32. The molecule has 0 saturated carbocycles. The van der Waals surface area contributed by atoms with E-state index in [1.165, 1.54) is 6.42 Å². The van der Waals surface area contributed by atoms with Gasteiger partial charge < -0.3 is 19.7 Å². The van der Waals surface area contributed by atoms with Crippen molar-refractivity contribution in [3.8, 4) is 5.75 Å². The summed E-state index contributed by atoms with van der Waals surface area (Å²) in [6.07, 6.45) is 3.66. The van der Waals surface area contributed by atoms with Gasteiger partial charge in [-0.1, -0.05) is 25.5 Å². The minimum absolute atomic E-state index is 0.0365. The molecule has 170 valence electrons. The first-order valence-electron chi connectivity index (χ1n) is 10.4. The Kier molecular flexibility index (Phi) is 11.8. The number of nitrogens with zero attached hydrogens (tertiary/aromatic N) is 1. The molecule has 1 aliphatic rings. The molecule has 1 aromatic carbocycles. The average Bonchev–Trinajstić information content (AvgIpc) is 2.63. The standard InChI is InChI=1S/C18H29NO5.C4H7NO/c1-6-7-12-22-23-13-21-16-10-8-15(9-11-16)14(2)19-17(20)24-18(3,4)5;6-4-5-2-1-3-5/h8-11,14H,6-7,12-13H2,1-5H3,(H,19,20);4H,1-3H2. The normalized spacial score (nSPS) is 14.0. The first-order chi connectivity index (χ1) is 14.2. The molecule has 1 atom stereocenters. The molecule has 1 unspecified atom stereocenters. The van der Waals surface area contributed by atoms with Gasteiger partial charge in [-0.05, 0) is 58.2 Å². The summed E-state index contributed by atoms with van der Waals surface area (Å²) in [6, 6.07) is 7.24. The van der Waals surface area contributed by atoms with Crippen LogP contribution in [0.1, 0.15) is 65.5 Å². The molecular formula is C22H36N2O6. The zero-order valence-electron chi connectivity index (χ0n) is 18.8. The molecule has 2 amide bonds. The van der Waals surface area contributed by atoms with Crippen LogP contribution in [-0.4, -0.2) is 49.5 Å². The van der Waals surface area contributed by atoms with Crippen molar-refractivity contribution < 1.29 is 28.8 Å². The number of carbonyl (C=O) groups excluding carboxylic acids is 2. The Bertz CT molecular complexity index is 611. The van der Waals surface area contributed by atoms with Crippen molar-refractivity contribution in [2.45, 2.75) is 65.5 Å². The molecular weight excluding hydrogens is 388 g/mol. The Morgan fingerprint density at radius 1 is 1.20 bits per heavy atom. The van der Waals surface area contributed by atoms with Crippen LogP contribution in [-0.2, 0) is 19.3 Å². The number of ether oxygens (including phenoxy) is 2. The van der Waals surface area contributed by atoms with E-state index in [2.05, 4.69) is 12.2 Å². The number of likely N-dealkylation sites (tertiary alicyclic amines) is 1. The first-order valence-corrected chi connectivity index (χ1v) is 10.4. The minimum Gasteiger partial charge on any atom is -0.465 e. The Morgan fingerprint density at radius 2 is 1.87 bits per heavy atom. The molecule has 0 aromatic heterocycles. The minimum atomic E-state index is -0.513. The molecule has 0 bridgehead atoms. The van der Waals surface area contributed by atoms with Crippen molar-refractivity contribution in [2.75, 3.05) is 26.5 Å². The topological polar surface area (TPSA) is 86.3 Å². The second-order valence-corrected chi connectivity index (χ2v) is 7.99. The second kappa shape index (κ2) is 13.8. The van der Waals surface area contributed by atoms with Gasteiger partial charge in [-0.2, -0.15) is 4.89 Å². The highest BCUT2D eigenvalue weighted by molar-refractivity contribution is 5.68. The highest BCUT2D eigenvalue weighted by atomic mass is 17.2. The maximum absolute atomic E-state index is 11.8. The van der Waals surface area contributed by atoms with Crippen LogP contribution in [0.15, 0.2) is 24.3 Å². The molecule has 1 fully saturated rings. The fourth-order valence-electron chi connectivity index (χ4n) is 2.25. The summed E-state index contributed by atoms with van der Waals surface area (Å²) in [5, 5.41) is 2.80. The van der Waals surface area contributed by atoms with Crippen LogP contribution in [0.25, 0.3) is 0 Å². The lowest BCUT2D eigenvalue weighted by atomic mass is 10.1. The third kappa shape index (κ3) is 11.6. The molecule has 8 heteroatoms. The summed E-state index contributed by atoms with van der Waals surface area (Å²) in [5.41, 5.74) is 0.439. The van der Waals surface area contributed by atoms with Crippen molar-refractivity contribution >= 4 is 12.5 Å². The summed E-state index contributed by atoms with van der Waals surface area (Å²) >= 11 is 0. The van der Waals surface area contributed by atoms with Gasteiger partial charge in [-0.15, -0.1) is 0 Å². The second-order valence-electron chi connectivity index (χ2n) is 7.99. The van der Waals surface area contributed by atoms with E-state index in [1.807, 2.05) is 52.0 Å². The van der Waals surface area contributed by atoms with Gasteiger partial charge in [-0.25, -0.2) is 9.68 Å². The fraction of sp³-hybridized carbons (Fsp3) is 0.636. The van der Waals surface area contributed by atoms with Crippen LogP contribution in [0.3, 0.4) is 0 Å². The maximum Gasteiger partial charge on any atom is 0.408 e. The number of alkyl carbamates (subject to hydrolysis) is 1. The molecule has 1 aliphatic heterocycles. The number of hydrogen-bond donors (Lipinski definition) is 1. The zero-order chi connectivity index (χ0) is 22.4. The van der Waals surface area contributed by atoms with E-state index in [9.17, 15) is 9.59 Å². The van der Waals surface area contributed by atoms with E-state index in [-0.39, 0.29) is 12.8 Å². The lowest BCUT2D eigenvalue weighted by Crippen LogP contribution is -2.35. The average molecular weight is 425 g/mol. The first kappa shape index (κ1) is 25.7. The number of amides is 2. The van der Waals surface area contributed by atoms with Gasteiger partial charge >= 0.3 is 6.09 Å². The molecule has 0 aliphatic carbocycles. The summed E-state index contributed by atoms with van der Waals surface area (Å²) < 4.78 is 10.7. The molecule has 0 spiro atoms.